The first-order valence-corrected chi connectivity index (χ1v) is 14.3. The van der Waals surface area contributed by atoms with Crippen LogP contribution in [0.25, 0.3) is 0 Å². The van der Waals surface area contributed by atoms with Gasteiger partial charge in [-0.05, 0) is 0 Å². The molecular formula is C15H18N12Se3. The van der Waals surface area contributed by atoms with Crippen molar-refractivity contribution in [3.8, 4) is 0 Å². The van der Waals surface area contributed by atoms with E-state index in [1.165, 1.54) is 0 Å². The molecule has 0 atom stereocenters. The molecule has 0 saturated carbocycles. The molecule has 0 aliphatic carbocycles. The summed E-state index contributed by atoms with van der Waals surface area (Å²) in [6, 6.07) is 0. The van der Waals surface area contributed by atoms with Gasteiger partial charge in [0.15, 0.2) is 0 Å². The molecule has 4 heterocycles. The predicted molar refractivity (Wildman–Crippen MR) is 116 cm³/mol. The van der Waals surface area contributed by atoms with Crippen LogP contribution in [0.4, 0.5) is 11.9 Å². The van der Waals surface area contributed by atoms with Crippen molar-refractivity contribution in [3.05, 3.63) is 5.62 Å². The summed E-state index contributed by atoms with van der Waals surface area (Å²) in [5.74, 6) is 1.10. The Morgan fingerprint density at radius 2 is 1.13 bits per heavy atom. The zero-order chi connectivity index (χ0) is 20.9. The molecule has 4 rings (SSSR count). The molecule has 1 aliphatic rings. The van der Waals surface area contributed by atoms with E-state index in [-0.39, 0.29) is 44.9 Å². The molecule has 0 aromatic carbocycles. The van der Waals surface area contributed by atoms with Gasteiger partial charge >= 0.3 is 192 Å². The third-order valence-corrected chi connectivity index (χ3v) is 8.02. The molecule has 1 aliphatic heterocycles. The third kappa shape index (κ3) is 5.37. The molecular weight excluding hydrogens is 585 g/mol. The number of fused-ring (bicyclic) bond motifs is 6. The van der Waals surface area contributed by atoms with Crippen LogP contribution in [0.15, 0.2) is 4.99 Å². The minimum absolute atomic E-state index is 0.250. The molecule has 30 heavy (non-hydrogen) atoms. The number of hydrogen-bond acceptors (Lipinski definition) is 11. The monoisotopic (exact) mass is 606 g/mol. The van der Waals surface area contributed by atoms with Crippen LogP contribution >= 0.6 is 0 Å². The maximum atomic E-state index is 4.67. The van der Waals surface area contributed by atoms with Crippen molar-refractivity contribution in [2.24, 2.45) is 4.99 Å². The number of anilines is 2. The summed E-state index contributed by atoms with van der Waals surface area (Å²) in [5.41, 5.74) is 0.452. The van der Waals surface area contributed by atoms with Crippen LogP contribution < -0.4 is 44.6 Å². The quantitative estimate of drug-likeness (QED) is 0.188. The van der Waals surface area contributed by atoms with Crippen molar-refractivity contribution >= 4 is 85.1 Å². The molecule has 0 fully saturated rings. The Morgan fingerprint density at radius 1 is 0.667 bits per heavy atom. The van der Waals surface area contributed by atoms with Crippen molar-refractivity contribution in [1.82, 2.24) is 44.9 Å². The molecule has 0 spiro atoms. The molecule has 3 N–H and O–H groups in total. The number of aromatic amines is 1. The molecule has 0 radical (unpaired) electrons. The topological polar surface area (TPSA) is 155 Å². The van der Waals surface area contributed by atoms with Crippen LogP contribution in [0.5, 0.6) is 0 Å². The van der Waals surface area contributed by atoms with Gasteiger partial charge in [0.1, 0.15) is 0 Å². The van der Waals surface area contributed by atoms with Crippen LogP contribution in [-0.2, 0) is 0 Å². The van der Waals surface area contributed by atoms with Gasteiger partial charge in [-0.2, -0.15) is 0 Å². The van der Waals surface area contributed by atoms with Gasteiger partial charge < -0.3 is 0 Å². The van der Waals surface area contributed by atoms with E-state index in [1.54, 1.807) is 0 Å². The van der Waals surface area contributed by atoms with E-state index in [9.17, 15) is 0 Å². The summed E-state index contributed by atoms with van der Waals surface area (Å²) >= 11 is -0.782. The van der Waals surface area contributed by atoms with Crippen LogP contribution in [0.2, 0.25) is 0 Å². The van der Waals surface area contributed by atoms with E-state index in [0.717, 1.165) is 22.5 Å². The van der Waals surface area contributed by atoms with Crippen LogP contribution in [0, 0.1) is 0 Å². The third-order valence-electron chi connectivity index (χ3n) is 3.33. The fourth-order valence-corrected chi connectivity index (χ4v) is 7.60. The first-order valence-electron chi connectivity index (χ1n) is 9.17. The van der Waals surface area contributed by atoms with E-state index >= 15 is 0 Å². The zero-order valence-corrected chi connectivity index (χ0v) is 21.5. The standard InChI is InChI=1S/C15H18N12Se3/c1-4-16-7-19-10-25-11(20-7)29-13-22-9(18-6-3)24-15(27-13)30-14-23-8(17-5-2)21-12(26-14)28-10/h4-6H2,1-3H3,(H,16,19,20,25)(H,17,21,23,26)(H,18,22,24,27). The summed E-state index contributed by atoms with van der Waals surface area (Å²) in [7, 11) is 0. The molecule has 156 valence electrons. The van der Waals surface area contributed by atoms with Gasteiger partial charge in [-0.1, -0.05) is 0 Å². The van der Waals surface area contributed by atoms with Crippen molar-refractivity contribution < 1.29 is 0 Å². The van der Waals surface area contributed by atoms with E-state index in [4.69, 9.17) is 0 Å². The van der Waals surface area contributed by atoms with Gasteiger partial charge in [0, 0.05) is 0 Å². The number of nitrogens with zero attached hydrogens (tertiary/aromatic N) is 9. The second-order valence-corrected chi connectivity index (χ2v) is 11.5. The van der Waals surface area contributed by atoms with E-state index in [1.807, 2.05) is 20.8 Å². The Kier molecular flexibility index (Phi) is 6.98. The Bertz CT molecular complexity index is 1040. The van der Waals surface area contributed by atoms with Gasteiger partial charge in [0.25, 0.3) is 0 Å². The molecule has 12 nitrogen and oxygen atoms in total. The molecule has 3 aromatic heterocycles. The second kappa shape index (κ2) is 9.86. The Labute approximate surface area is 191 Å². The number of aromatic nitrogens is 9. The Balaban J connectivity index is 1.89. The zero-order valence-electron chi connectivity index (χ0n) is 16.4. The van der Waals surface area contributed by atoms with Crippen molar-refractivity contribution in [2.75, 3.05) is 30.3 Å². The molecule has 0 unspecified atom stereocenters. The average molecular weight is 603 g/mol. The van der Waals surface area contributed by atoms with Crippen molar-refractivity contribution in [2.45, 2.75) is 20.8 Å². The van der Waals surface area contributed by atoms with Crippen LogP contribution in [0.1, 0.15) is 20.8 Å². The summed E-state index contributed by atoms with van der Waals surface area (Å²) < 4.78 is 4.23. The van der Waals surface area contributed by atoms with Gasteiger partial charge in [0.05, 0.1) is 0 Å². The van der Waals surface area contributed by atoms with Crippen molar-refractivity contribution in [3.63, 3.8) is 0 Å². The number of hydrogen-bond donors (Lipinski definition) is 3. The minimum atomic E-state index is -0.282. The first kappa shape index (κ1) is 21.2. The summed E-state index contributed by atoms with van der Waals surface area (Å²) in [5, 5.41) is 6.36. The molecule has 15 heteroatoms. The van der Waals surface area contributed by atoms with E-state index in [0.29, 0.717) is 43.0 Å². The number of H-pyrrole nitrogens is 1. The number of nitrogens with one attached hydrogen (secondary N) is 3. The molecule has 0 amide bonds. The Morgan fingerprint density at radius 3 is 1.57 bits per heavy atom. The molecule has 0 saturated heterocycles. The summed E-state index contributed by atoms with van der Waals surface area (Å²) in [4.78, 5) is 44.4. The van der Waals surface area contributed by atoms with Crippen molar-refractivity contribution in [1.29, 1.82) is 0 Å². The average Bonchev–Trinajstić information content (AvgIpc) is 2.67. The second-order valence-electron chi connectivity index (χ2n) is 5.55. The van der Waals surface area contributed by atoms with E-state index in [2.05, 4.69) is 60.5 Å². The fourth-order valence-electron chi connectivity index (χ4n) is 2.25. The van der Waals surface area contributed by atoms with E-state index < -0.39 is 0 Å². The normalized spacial score (nSPS) is 12.5. The van der Waals surface area contributed by atoms with Gasteiger partial charge in [-0.15, -0.1) is 0 Å². The Hall–Kier alpha value is -2.01. The SMILES string of the molecule is CCN=c1nc2[nH]c(n1)[Se]c1nc(NCC)nc(n1)[Se]c1nc(NCC)nc(n1)[Se]2. The summed E-state index contributed by atoms with van der Waals surface area (Å²) in [6.07, 6.45) is 0. The molecule has 3 aromatic rings. The first-order chi connectivity index (χ1) is 14.6. The maximum absolute atomic E-state index is 4.67. The van der Waals surface area contributed by atoms with Gasteiger partial charge in [-0.25, -0.2) is 0 Å². The van der Waals surface area contributed by atoms with Crippen LogP contribution in [0.3, 0.4) is 0 Å². The predicted octanol–water partition coefficient (Wildman–Crippen LogP) is -5.76. The van der Waals surface area contributed by atoms with Gasteiger partial charge in [-0.3, -0.25) is 0 Å². The summed E-state index contributed by atoms with van der Waals surface area (Å²) in [6.45, 7) is 8.00. The fraction of sp³-hybridized carbons (Fsp3) is 0.400. The van der Waals surface area contributed by atoms with Gasteiger partial charge in [0.2, 0.25) is 0 Å². The molecule has 6 bridgehead atoms. The number of rotatable bonds is 5. The van der Waals surface area contributed by atoms with Crippen LogP contribution in [-0.4, -0.2) is 109 Å².